The summed E-state index contributed by atoms with van der Waals surface area (Å²) in [5.74, 6) is 1.01. The lowest BCUT2D eigenvalue weighted by Crippen LogP contribution is -2.52. The van der Waals surface area contributed by atoms with Gasteiger partial charge in [-0.1, -0.05) is 35.9 Å². The van der Waals surface area contributed by atoms with Crippen molar-refractivity contribution in [3.05, 3.63) is 65.4 Å². The van der Waals surface area contributed by atoms with Gasteiger partial charge in [0.15, 0.2) is 6.10 Å². The fraction of sp³-hybridized carbons (Fsp3) is 0.375. The van der Waals surface area contributed by atoms with Crippen LogP contribution in [0.5, 0.6) is 5.75 Å². The average Bonchev–Trinajstić information content (AvgIpc) is 3.15. The van der Waals surface area contributed by atoms with Crippen LogP contribution in [0, 0.1) is 6.92 Å². The Morgan fingerprint density at radius 2 is 1.93 bits per heavy atom. The summed E-state index contributed by atoms with van der Waals surface area (Å²) in [4.78, 5) is 20.9. The molecule has 1 atom stereocenters. The first kappa shape index (κ1) is 18.3. The van der Waals surface area contributed by atoms with Crippen LogP contribution in [-0.4, -0.2) is 53.0 Å². The van der Waals surface area contributed by atoms with Crippen LogP contribution >= 0.6 is 0 Å². The highest BCUT2D eigenvalue weighted by Gasteiger charge is 2.31. The van der Waals surface area contributed by atoms with Crippen LogP contribution in [0.3, 0.4) is 0 Å². The Hall–Kier alpha value is -2.79. The van der Waals surface area contributed by atoms with E-state index in [0.717, 1.165) is 51.3 Å². The van der Waals surface area contributed by atoms with Gasteiger partial charge in [0.1, 0.15) is 5.75 Å². The van der Waals surface area contributed by atoms with Crippen LogP contribution < -0.4 is 4.74 Å². The number of carbonyl (C=O) groups is 1. The number of para-hydroxylation sites is 1. The van der Waals surface area contributed by atoms with Crippen molar-refractivity contribution in [3.63, 3.8) is 0 Å². The van der Waals surface area contributed by atoms with Crippen LogP contribution in [0.2, 0.25) is 0 Å². The fourth-order valence-corrected chi connectivity index (χ4v) is 4.48. The van der Waals surface area contributed by atoms with E-state index in [9.17, 15) is 4.79 Å². The first-order valence-corrected chi connectivity index (χ1v) is 10.5. The number of aromatic nitrogens is 1. The van der Waals surface area contributed by atoms with Crippen molar-refractivity contribution in [1.82, 2.24) is 14.8 Å². The van der Waals surface area contributed by atoms with Gasteiger partial charge in [-0.3, -0.25) is 9.69 Å². The van der Waals surface area contributed by atoms with E-state index in [4.69, 9.17) is 4.74 Å². The van der Waals surface area contributed by atoms with E-state index in [1.165, 1.54) is 27.7 Å². The van der Waals surface area contributed by atoms with Gasteiger partial charge < -0.3 is 14.6 Å². The first-order chi connectivity index (χ1) is 14.2. The molecular formula is C24H27N3O2. The van der Waals surface area contributed by atoms with E-state index >= 15 is 0 Å². The molecule has 2 aliphatic heterocycles. The minimum atomic E-state index is -0.342. The Balaban J connectivity index is 1.17. The van der Waals surface area contributed by atoms with Gasteiger partial charge in [0.05, 0.1) is 0 Å². The number of fused-ring (bicyclic) bond motifs is 2. The molecule has 1 amide bonds. The van der Waals surface area contributed by atoms with Crippen LogP contribution in [0.1, 0.15) is 23.2 Å². The topological polar surface area (TPSA) is 48.6 Å². The highest BCUT2D eigenvalue weighted by atomic mass is 16.5. The molecule has 3 aromatic rings. The van der Waals surface area contributed by atoms with Gasteiger partial charge in [-0.25, -0.2) is 0 Å². The highest BCUT2D eigenvalue weighted by molar-refractivity contribution is 5.82. The van der Waals surface area contributed by atoms with E-state index in [2.05, 4.69) is 59.3 Å². The molecular weight excluding hydrogens is 362 g/mol. The number of hydrogen-bond acceptors (Lipinski definition) is 3. The quantitative estimate of drug-likeness (QED) is 0.746. The summed E-state index contributed by atoms with van der Waals surface area (Å²) in [6, 6.07) is 16.8. The normalized spacial score (nSPS) is 19.8. The van der Waals surface area contributed by atoms with Crippen LogP contribution in [-0.2, 0) is 17.8 Å². The average molecular weight is 389 g/mol. The number of ether oxygens (including phenoxy) is 1. The molecule has 1 aromatic heterocycles. The molecule has 29 heavy (non-hydrogen) atoms. The molecule has 0 radical (unpaired) electrons. The second-order valence-electron chi connectivity index (χ2n) is 8.24. The maximum Gasteiger partial charge on any atom is 0.263 e. The van der Waals surface area contributed by atoms with Gasteiger partial charge in [-0.05, 0) is 48.9 Å². The third kappa shape index (κ3) is 3.75. The smallest absolute Gasteiger partial charge is 0.263 e. The number of aryl methyl sites for hydroxylation is 2. The molecule has 0 saturated carbocycles. The molecule has 3 heterocycles. The molecule has 1 fully saturated rings. The zero-order valence-electron chi connectivity index (χ0n) is 16.9. The number of nitrogens with zero attached hydrogens (tertiary/aromatic N) is 2. The highest BCUT2D eigenvalue weighted by Crippen LogP contribution is 2.29. The summed E-state index contributed by atoms with van der Waals surface area (Å²) in [5, 5.41) is 1.25. The minimum Gasteiger partial charge on any atom is -0.480 e. The Bertz CT molecular complexity index is 1000. The van der Waals surface area contributed by atoms with E-state index in [-0.39, 0.29) is 12.0 Å². The lowest BCUT2D eigenvalue weighted by Gasteiger charge is -2.37. The predicted molar refractivity (Wildman–Crippen MR) is 114 cm³/mol. The summed E-state index contributed by atoms with van der Waals surface area (Å²) in [7, 11) is 0. The molecule has 5 rings (SSSR count). The van der Waals surface area contributed by atoms with Crippen molar-refractivity contribution in [2.45, 2.75) is 32.4 Å². The molecule has 150 valence electrons. The lowest BCUT2D eigenvalue weighted by atomic mass is 9.99. The summed E-state index contributed by atoms with van der Waals surface area (Å²) in [6.07, 6.45) is 1.34. The molecule has 2 aliphatic rings. The number of piperazine rings is 1. The molecule has 0 aliphatic carbocycles. The number of amides is 1. The third-order valence-corrected chi connectivity index (χ3v) is 6.10. The maximum atomic E-state index is 13.0. The molecule has 5 heteroatoms. The number of H-pyrrole nitrogens is 1. The molecule has 0 spiro atoms. The van der Waals surface area contributed by atoms with Crippen molar-refractivity contribution in [2.24, 2.45) is 0 Å². The monoisotopic (exact) mass is 389 g/mol. The van der Waals surface area contributed by atoms with E-state index in [0.29, 0.717) is 0 Å². The predicted octanol–water partition coefficient (Wildman–Crippen LogP) is 3.51. The number of aromatic amines is 1. The summed E-state index contributed by atoms with van der Waals surface area (Å²) < 4.78 is 6.05. The number of carbonyl (C=O) groups excluding carboxylic acids is 1. The number of nitrogens with one attached hydrogen (secondary N) is 1. The van der Waals surface area contributed by atoms with Gasteiger partial charge in [-0.15, -0.1) is 0 Å². The standard InChI is InChI=1S/C24H27N3O2/c1-17-6-8-22-19(14-17)7-9-23(29-22)24(28)27-12-10-26(11-13-27)16-20-15-18-4-2-3-5-21(18)25-20/h2-6,8,14-15,23,25H,7,9-13,16H2,1H3. The minimum absolute atomic E-state index is 0.140. The molecule has 5 nitrogen and oxygen atoms in total. The van der Waals surface area contributed by atoms with Gasteiger partial charge in [0.2, 0.25) is 0 Å². The van der Waals surface area contributed by atoms with Crippen molar-refractivity contribution in [2.75, 3.05) is 26.2 Å². The summed E-state index contributed by atoms with van der Waals surface area (Å²) in [5.41, 5.74) is 4.87. The zero-order valence-corrected chi connectivity index (χ0v) is 16.9. The molecule has 1 unspecified atom stereocenters. The van der Waals surface area contributed by atoms with Gasteiger partial charge >= 0.3 is 0 Å². The third-order valence-electron chi connectivity index (χ3n) is 6.10. The lowest BCUT2D eigenvalue weighted by molar-refractivity contribution is -0.141. The van der Waals surface area contributed by atoms with Gasteiger partial charge in [-0.2, -0.15) is 0 Å². The number of hydrogen-bond donors (Lipinski definition) is 1. The molecule has 1 N–H and O–H groups in total. The van der Waals surface area contributed by atoms with Crippen LogP contribution in [0.15, 0.2) is 48.5 Å². The SMILES string of the molecule is Cc1ccc2c(c1)CCC(C(=O)N1CCN(Cc3cc4ccccc4[nH]3)CC1)O2. The van der Waals surface area contributed by atoms with Crippen molar-refractivity contribution in [1.29, 1.82) is 0 Å². The fourth-order valence-electron chi connectivity index (χ4n) is 4.48. The zero-order chi connectivity index (χ0) is 19.8. The van der Waals surface area contributed by atoms with Crippen LogP contribution in [0.25, 0.3) is 10.9 Å². The Morgan fingerprint density at radius 3 is 2.76 bits per heavy atom. The Labute approximate surface area is 171 Å². The second kappa shape index (κ2) is 7.56. The van der Waals surface area contributed by atoms with E-state index in [1.807, 2.05) is 11.0 Å². The summed E-state index contributed by atoms with van der Waals surface area (Å²) in [6.45, 7) is 6.29. The van der Waals surface area contributed by atoms with Crippen molar-refractivity contribution in [3.8, 4) is 5.75 Å². The molecule has 2 aromatic carbocycles. The second-order valence-corrected chi connectivity index (χ2v) is 8.24. The van der Waals surface area contributed by atoms with Gasteiger partial charge in [0, 0.05) is 43.9 Å². The van der Waals surface area contributed by atoms with E-state index in [1.54, 1.807) is 0 Å². The van der Waals surface area contributed by atoms with Crippen molar-refractivity contribution < 1.29 is 9.53 Å². The Kier molecular flexibility index (Phi) is 4.76. The number of benzene rings is 2. The Morgan fingerprint density at radius 1 is 1.10 bits per heavy atom. The molecule has 1 saturated heterocycles. The van der Waals surface area contributed by atoms with Gasteiger partial charge in [0.25, 0.3) is 5.91 Å². The maximum absolute atomic E-state index is 13.0. The van der Waals surface area contributed by atoms with Crippen LogP contribution in [0.4, 0.5) is 0 Å². The first-order valence-electron chi connectivity index (χ1n) is 10.5. The number of rotatable bonds is 3. The largest absolute Gasteiger partial charge is 0.480 e. The summed E-state index contributed by atoms with van der Waals surface area (Å²) >= 11 is 0. The van der Waals surface area contributed by atoms with Crippen molar-refractivity contribution >= 4 is 16.8 Å². The molecule has 0 bridgehead atoms. The van der Waals surface area contributed by atoms with E-state index < -0.39 is 0 Å².